The number of thiol groups is 1. The topological polar surface area (TPSA) is 78.9 Å². The van der Waals surface area contributed by atoms with E-state index in [1.165, 1.54) is 89.9 Å². The Hall–Kier alpha value is -0.650. The predicted molar refractivity (Wildman–Crippen MR) is 155 cm³/mol. The van der Waals surface area contributed by atoms with Gasteiger partial charge in [0.25, 0.3) is 0 Å². The summed E-state index contributed by atoms with van der Waals surface area (Å²) < 4.78 is 26.2. The van der Waals surface area contributed by atoms with Crippen molar-refractivity contribution in [3.8, 4) is 0 Å². The average molecular weight is 563 g/mol. The summed E-state index contributed by atoms with van der Waals surface area (Å²) in [5.74, 6) is 0.357. The molecule has 0 aromatic carbocycles. The maximum atomic E-state index is 12.2. The van der Waals surface area contributed by atoms with Gasteiger partial charge in [0.2, 0.25) is 0 Å². The Morgan fingerprint density at radius 1 is 0.622 bits per heavy atom. The highest BCUT2D eigenvalue weighted by Crippen LogP contribution is 2.14. The molecule has 0 rings (SSSR count). The minimum absolute atomic E-state index is 0.0592. The molecular formula is C29H55O6PS. The third-order valence-corrected chi connectivity index (χ3v) is 7.14. The molecule has 0 heterocycles. The van der Waals surface area contributed by atoms with Gasteiger partial charge in [-0.1, -0.05) is 116 Å². The first kappa shape index (κ1) is 36.4. The summed E-state index contributed by atoms with van der Waals surface area (Å²) in [5.41, 5.74) is 0. The van der Waals surface area contributed by atoms with E-state index in [1.807, 2.05) is 0 Å². The van der Waals surface area contributed by atoms with Crippen LogP contribution in [-0.2, 0) is 28.2 Å². The first-order valence-electron chi connectivity index (χ1n) is 15.0. The zero-order valence-corrected chi connectivity index (χ0v) is 25.4. The fourth-order valence-electron chi connectivity index (χ4n) is 4.28. The zero-order chi connectivity index (χ0) is 27.2. The van der Waals surface area contributed by atoms with Gasteiger partial charge in [0.1, 0.15) is 13.2 Å². The summed E-state index contributed by atoms with van der Waals surface area (Å²) in [4.78, 5) is 24.2. The average Bonchev–Trinajstić information content (AvgIpc) is 2.89. The van der Waals surface area contributed by atoms with Crippen molar-refractivity contribution >= 4 is 33.3 Å². The molecule has 0 aliphatic heterocycles. The van der Waals surface area contributed by atoms with Gasteiger partial charge < -0.3 is 9.47 Å². The maximum Gasteiger partial charge on any atom is 0.327 e. The molecule has 0 saturated heterocycles. The van der Waals surface area contributed by atoms with Crippen LogP contribution in [0.25, 0.3) is 0 Å². The van der Waals surface area contributed by atoms with Gasteiger partial charge in [0.15, 0.2) is 6.10 Å². The van der Waals surface area contributed by atoms with Crippen LogP contribution in [0.2, 0.25) is 0 Å². The molecule has 0 aliphatic rings. The number of carbonyl (C=O) groups is 2. The van der Waals surface area contributed by atoms with E-state index in [2.05, 4.69) is 19.6 Å². The van der Waals surface area contributed by atoms with Crippen molar-refractivity contribution in [2.45, 2.75) is 154 Å². The molecule has 0 aliphatic carbocycles. The molecule has 0 aromatic heterocycles. The molecule has 0 aromatic rings. The molecule has 0 amide bonds. The Labute approximate surface area is 234 Å². The van der Waals surface area contributed by atoms with Crippen molar-refractivity contribution in [3.05, 3.63) is 0 Å². The number of unbranched alkanes of at least 4 members (excludes halogenated alkanes) is 18. The van der Waals surface area contributed by atoms with E-state index in [9.17, 15) is 14.2 Å². The third-order valence-electron chi connectivity index (χ3n) is 6.56. The van der Waals surface area contributed by atoms with Crippen LogP contribution >= 0.6 is 21.3 Å². The van der Waals surface area contributed by atoms with E-state index >= 15 is 0 Å². The second-order valence-electron chi connectivity index (χ2n) is 10.1. The lowest BCUT2D eigenvalue weighted by Gasteiger charge is -2.16. The molecule has 6 nitrogen and oxygen atoms in total. The van der Waals surface area contributed by atoms with Crippen molar-refractivity contribution in [1.82, 2.24) is 0 Å². The van der Waals surface area contributed by atoms with Crippen LogP contribution in [0, 0.1) is 0 Å². The van der Waals surface area contributed by atoms with Gasteiger partial charge in [0.05, 0.1) is 0 Å². The van der Waals surface area contributed by atoms with Gasteiger partial charge in [-0.25, -0.2) is 4.57 Å². The normalized spacial score (nSPS) is 12.1. The number of hydrogen-bond acceptors (Lipinski definition) is 7. The summed E-state index contributed by atoms with van der Waals surface area (Å²) in [6, 6.07) is 0. The van der Waals surface area contributed by atoms with Crippen molar-refractivity contribution in [1.29, 1.82) is 0 Å². The van der Waals surface area contributed by atoms with E-state index in [4.69, 9.17) is 14.0 Å². The van der Waals surface area contributed by atoms with E-state index in [1.54, 1.807) is 0 Å². The standard InChI is InChI=1S/C29H55O6PS/c1-2-3-4-5-6-7-8-10-14-17-20-23-29(31)35-27(26-34-36-32)25-33-28(30)22-19-16-13-11-9-12-15-18-21-24-37/h27,37H,2-26H2,1H3/t27-/m0/s1. The van der Waals surface area contributed by atoms with Gasteiger partial charge in [-0.15, -0.1) is 0 Å². The molecule has 1 atom stereocenters. The largest absolute Gasteiger partial charge is 0.462 e. The maximum absolute atomic E-state index is 12.2. The lowest BCUT2D eigenvalue weighted by Crippen LogP contribution is -2.28. The predicted octanol–water partition coefficient (Wildman–Crippen LogP) is 9.20. The molecule has 0 unspecified atom stereocenters. The second kappa shape index (κ2) is 29.9. The van der Waals surface area contributed by atoms with Crippen LogP contribution < -0.4 is 0 Å². The van der Waals surface area contributed by atoms with E-state index in [0.29, 0.717) is 12.8 Å². The Kier molecular flexibility index (Phi) is 29.4. The number of hydrogen-bond donors (Lipinski definition) is 1. The van der Waals surface area contributed by atoms with Crippen molar-refractivity contribution in [3.63, 3.8) is 0 Å². The fraction of sp³-hybridized carbons (Fsp3) is 0.931. The van der Waals surface area contributed by atoms with E-state index in [0.717, 1.165) is 44.3 Å². The Morgan fingerprint density at radius 3 is 1.51 bits per heavy atom. The van der Waals surface area contributed by atoms with Gasteiger partial charge >= 0.3 is 20.6 Å². The number of ether oxygens (including phenoxy) is 2. The molecule has 0 radical (unpaired) electrons. The van der Waals surface area contributed by atoms with Crippen molar-refractivity contribution < 1.29 is 28.2 Å². The summed E-state index contributed by atoms with van der Waals surface area (Å²) in [7, 11) is -0.485. The Balaban J connectivity index is 3.81. The van der Waals surface area contributed by atoms with Crippen molar-refractivity contribution in [2.24, 2.45) is 0 Å². The fourth-order valence-corrected chi connectivity index (χ4v) is 4.74. The molecule has 0 fully saturated rings. The minimum atomic E-state index is -0.729. The lowest BCUT2D eigenvalue weighted by molar-refractivity contribution is -0.160. The Morgan fingerprint density at radius 2 is 1.05 bits per heavy atom. The molecule has 37 heavy (non-hydrogen) atoms. The first-order chi connectivity index (χ1) is 18.1. The molecule has 218 valence electrons. The molecular weight excluding hydrogens is 507 g/mol. The van der Waals surface area contributed by atoms with Gasteiger partial charge in [-0.2, -0.15) is 12.6 Å². The minimum Gasteiger partial charge on any atom is -0.462 e. The van der Waals surface area contributed by atoms with Crippen LogP contribution in [0.15, 0.2) is 0 Å². The molecule has 0 bridgehead atoms. The quantitative estimate of drug-likeness (QED) is 0.0424. The van der Waals surface area contributed by atoms with Gasteiger partial charge in [-0.05, 0) is 25.0 Å². The van der Waals surface area contributed by atoms with Gasteiger partial charge in [0, 0.05) is 12.8 Å². The van der Waals surface area contributed by atoms with Crippen molar-refractivity contribution in [2.75, 3.05) is 19.0 Å². The highest BCUT2D eigenvalue weighted by molar-refractivity contribution is 7.80. The smallest absolute Gasteiger partial charge is 0.327 e. The van der Waals surface area contributed by atoms with E-state index in [-0.39, 0.29) is 25.2 Å². The SMILES string of the molecule is CCCCCCCCCCCCCC(=O)O[C@H](COP=O)COC(=O)CCCCCCCCCCCS. The summed E-state index contributed by atoms with van der Waals surface area (Å²) in [6.45, 7) is 2.12. The second-order valence-corrected chi connectivity index (χ2v) is 11.0. The molecule has 0 spiro atoms. The van der Waals surface area contributed by atoms with Crippen LogP contribution in [0.3, 0.4) is 0 Å². The number of carbonyl (C=O) groups excluding carboxylic acids is 2. The summed E-state index contributed by atoms with van der Waals surface area (Å²) >= 11 is 4.23. The lowest BCUT2D eigenvalue weighted by atomic mass is 10.1. The van der Waals surface area contributed by atoms with E-state index < -0.39 is 14.8 Å². The molecule has 0 saturated carbocycles. The number of rotatable bonds is 29. The summed E-state index contributed by atoms with van der Waals surface area (Å²) in [6.07, 6.45) is 23.8. The van der Waals surface area contributed by atoms with Gasteiger partial charge in [-0.3, -0.25) is 14.1 Å². The zero-order valence-electron chi connectivity index (χ0n) is 23.6. The monoisotopic (exact) mass is 562 g/mol. The highest BCUT2D eigenvalue weighted by Gasteiger charge is 2.17. The van der Waals surface area contributed by atoms with Crippen LogP contribution in [-0.4, -0.2) is 37.0 Å². The van der Waals surface area contributed by atoms with Crippen LogP contribution in [0.4, 0.5) is 0 Å². The Bertz CT molecular complexity index is 535. The highest BCUT2D eigenvalue weighted by atomic mass is 32.1. The summed E-state index contributed by atoms with van der Waals surface area (Å²) in [5, 5.41) is 0. The number of esters is 2. The molecule has 0 N–H and O–H groups in total. The third kappa shape index (κ3) is 28.2. The first-order valence-corrected chi connectivity index (χ1v) is 16.4. The van der Waals surface area contributed by atoms with Crippen LogP contribution in [0.1, 0.15) is 148 Å². The van der Waals surface area contributed by atoms with Crippen LogP contribution in [0.5, 0.6) is 0 Å². The molecule has 8 heteroatoms.